The van der Waals surface area contributed by atoms with Gasteiger partial charge in [-0.2, -0.15) is 0 Å². The topological polar surface area (TPSA) is 116 Å². The summed E-state index contributed by atoms with van der Waals surface area (Å²) in [6, 6.07) is 12.0. The highest BCUT2D eigenvalue weighted by Gasteiger charge is 2.38. The van der Waals surface area contributed by atoms with Gasteiger partial charge in [-0.25, -0.2) is 4.79 Å². The van der Waals surface area contributed by atoms with Gasteiger partial charge in [0.25, 0.3) is 5.91 Å². The summed E-state index contributed by atoms with van der Waals surface area (Å²) in [6.07, 6.45) is 3.95. The van der Waals surface area contributed by atoms with Crippen LogP contribution in [0.1, 0.15) is 16.8 Å². The predicted octanol–water partition coefficient (Wildman–Crippen LogP) is 1.81. The number of ether oxygens (including phenoxy) is 1. The van der Waals surface area contributed by atoms with Gasteiger partial charge in [-0.3, -0.25) is 14.8 Å². The molecule has 9 heteroatoms. The standard InChI is InChI=1S/C23H24N4O5/c1-26(22(30)16-4-2-5-17(12-16)32-13-20(28)29)14-23(31)8-11-27(15-23)19-7-10-24-18-6-3-9-25-21(18)19/h2-7,9-10,12,31H,8,11,13-15H2,1H3,(H,28,29)/t23-/m0/s1. The number of β-amino-alcohol motifs (C(OH)–C–C–N with tert-alkyl or cyclic N) is 1. The molecule has 2 aromatic heterocycles. The second-order valence-electron chi connectivity index (χ2n) is 7.97. The first kappa shape index (κ1) is 21.5. The van der Waals surface area contributed by atoms with Gasteiger partial charge in [0.05, 0.1) is 17.7 Å². The fraction of sp³-hybridized carbons (Fsp3) is 0.304. The van der Waals surface area contributed by atoms with Crippen LogP contribution in [0.2, 0.25) is 0 Å². The minimum Gasteiger partial charge on any atom is -0.482 e. The lowest BCUT2D eigenvalue weighted by Crippen LogP contribution is -2.45. The first-order chi connectivity index (χ1) is 15.3. The molecule has 4 rings (SSSR count). The average molecular weight is 436 g/mol. The van der Waals surface area contributed by atoms with Crippen molar-refractivity contribution in [2.75, 3.05) is 38.2 Å². The zero-order chi connectivity index (χ0) is 22.7. The van der Waals surface area contributed by atoms with Crippen molar-refractivity contribution in [3.05, 3.63) is 60.4 Å². The van der Waals surface area contributed by atoms with E-state index in [1.54, 1.807) is 37.6 Å². The number of rotatable bonds is 7. The third-order valence-electron chi connectivity index (χ3n) is 5.47. The number of aliphatic hydroxyl groups is 1. The van der Waals surface area contributed by atoms with Crippen LogP contribution in [0.25, 0.3) is 11.0 Å². The second-order valence-corrected chi connectivity index (χ2v) is 7.97. The maximum Gasteiger partial charge on any atom is 0.341 e. The van der Waals surface area contributed by atoms with Crippen LogP contribution in [-0.2, 0) is 4.79 Å². The number of carboxylic acids is 1. The van der Waals surface area contributed by atoms with E-state index in [0.717, 1.165) is 16.7 Å². The molecular weight excluding hydrogens is 412 g/mol. The first-order valence-corrected chi connectivity index (χ1v) is 10.2. The Kier molecular flexibility index (Phi) is 5.91. The van der Waals surface area contributed by atoms with E-state index in [-0.39, 0.29) is 12.5 Å². The number of fused-ring (bicyclic) bond motifs is 1. The first-order valence-electron chi connectivity index (χ1n) is 10.2. The van der Waals surface area contributed by atoms with Gasteiger partial charge in [-0.05, 0) is 42.8 Å². The van der Waals surface area contributed by atoms with Crippen molar-refractivity contribution < 1.29 is 24.5 Å². The van der Waals surface area contributed by atoms with Crippen LogP contribution in [-0.4, -0.2) is 75.8 Å². The molecular formula is C23H24N4O5. The highest BCUT2D eigenvalue weighted by atomic mass is 16.5. The molecule has 1 aliphatic heterocycles. The number of pyridine rings is 2. The summed E-state index contributed by atoms with van der Waals surface area (Å²) in [5.74, 6) is -1.08. The van der Waals surface area contributed by atoms with Gasteiger partial charge in [-0.1, -0.05) is 6.07 Å². The smallest absolute Gasteiger partial charge is 0.341 e. The largest absolute Gasteiger partial charge is 0.482 e. The van der Waals surface area contributed by atoms with E-state index in [9.17, 15) is 14.7 Å². The highest BCUT2D eigenvalue weighted by molar-refractivity contribution is 5.94. The molecule has 2 N–H and O–H groups in total. The predicted molar refractivity (Wildman–Crippen MR) is 118 cm³/mol. The third kappa shape index (κ3) is 4.62. The van der Waals surface area contributed by atoms with Gasteiger partial charge in [0.1, 0.15) is 16.9 Å². The van der Waals surface area contributed by atoms with Crippen molar-refractivity contribution in [1.82, 2.24) is 14.9 Å². The van der Waals surface area contributed by atoms with Gasteiger partial charge in [0.2, 0.25) is 0 Å². The molecule has 9 nitrogen and oxygen atoms in total. The van der Waals surface area contributed by atoms with Crippen LogP contribution in [0.15, 0.2) is 54.9 Å². The number of hydrogen-bond acceptors (Lipinski definition) is 7. The van der Waals surface area contributed by atoms with E-state index in [1.165, 1.54) is 11.0 Å². The van der Waals surface area contributed by atoms with E-state index < -0.39 is 18.2 Å². The van der Waals surface area contributed by atoms with Crippen LogP contribution in [0.5, 0.6) is 5.75 Å². The molecule has 0 spiro atoms. The Morgan fingerprint density at radius 2 is 2.03 bits per heavy atom. The minimum atomic E-state index is -1.09. The Balaban J connectivity index is 1.44. The lowest BCUT2D eigenvalue weighted by Gasteiger charge is -2.29. The summed E-state index contributed by atoms with van der Waals surface area (Å²) in [6.45, 7) is 0.662. The van der Waals surface area contributed by atoms with Crippen molar-refractivity contribution in [3.63, 3.8) is 0 Å². The van der Waals surface area contributed by atoms with Gasteiger partial charge in [0.15, 0.2) is 6.61 Å². The third-order valence-corrected chi connectivity index (χ3v) is 5.47. The van der Waals surface area contributed by atoms with Crippen molar-refractivity contribution in [2.45, 2.75) is 12.0 Å². The zero-order valence-electron chi connectivity index (χ0n) is 17.6. The number of aliphatic carboxylic acids is 1. The van der Waals surface area contributed by atoms with Gasteiger partial charge in [0, 0.05) is 38.1 Å². The van der Waals surface area contributed by atoms with Crippen molar-refractivity contribution in [3.8, 4) is 5.75 Å². The number of nitrogens with zero attached hydrogens (tertiary/aromatic N) is 4. The summed E-state index contributed by atoms with van der Waals surface area (Å²) in [4.78, 5) is 35.9. The molecule has 3 aromatic rings. The molecule has 0 unspecified atom stereocenters. The maximum absolute atomic E-state index is 12.9. The van der Waals surface area contributed by atoms with Crippen LogP contribution in [0, 0.1) is 0 Å². The van der Waals surface area contributed by atoms with Crippen LogP contribution >= 0.6 is 0 Å². The van der Waals surface area contributed by atoms with E-state index in [2.05, 4.69) is 14.9 Å². The Morgan fingerprint density at radius 1 is 1.19 bits per heavy atom. The molecule has 0 saturated carbocycles. The number of anilines is 1. The molecule has 1 amide bonds. The number of aromatic nitrogens is 2. The van der Waals surface area contributed by atoms with Crippen molar-refractivity contribution in [2.24, 2.45) is 0 Å². The Bertz CT molecular complexity index is 1150. The maximum atomic E-state index is 12.9. The average Bonchev–Trinajstić information content (AvgIpc) is 3.18. The summed E-state index contributed by atoms with van der Waals surface area (Å²) >= 11 is 0. The fourth-order valence-electron chi connectivity index (χ4n) is 4.01. The molecule has 0 aliphatic carbocycles. The van der Waals surface area contributed by atoms with Crippen molar-refractivity contribution in [1.29, 1.82) is 0 Å². The molecule has 0 bridgehead atoms. The summed E-state index contributed by atoms with van der Waals surface area (Å²) < 4.78 is 5.15. The zero-order valence-corrected chi connectivity index (χ0v) is 17.6. The van der Waals surface area contributed by atoms with Crippen LogP contribution in [0.4, 0.5) is 5.69 Å². The molecule has 3 heterocycles. The van der Waals surface area contributed by atoms with E-state index >= 15 is 0 Å². The SMILES string of the molecule is CN(C[C@@]1(O)CCN(c2ccnc3cccnc23)C1)C(=O)c1cccc(OCC(=O)O)c1. The number of likely N-dealkylation sites (N-methyl/N-ethyl adjacent to an activating group) is 1. The monoisotopic (exact) mass is 436 g/mol. The summed E-state index contributed by atoms with van der Waals surface area (Å²) in [7, 11) is 1.64. The van der Waals surface area contributed by atoms with E-state index in [0.29, 0.717) is 30.8 Å². The molecule has 0 radical (unpaired) electrons. The fourth-order valence-corrected chi connectivity index (χ4v) is 4.01. The van der Waals surface area contributed by atoms with Crippen LogP contribution in [0.3, 0.4) is 0 Å². The molecule has 1 saturated heterocycles. The molecule has 1 aliphatic rings. The number of carbonyl (C=O) groups is 2. The van der Waals surface area contributed by atoms with Gasteiger partial charge in [-0.15, -0.1) is 0 Å². The quantitative estimate of drug-likeness (QED) is 0.576. The lowest BCUT2D eigenvalue weighted by molar-refractivity contribution is -0.139. The number of hydrogen-bond donors (Lipinski definition) is 2. The van der Waals surface area contributed by atoms with E-state index in [1.807, 2.05) is 18.2 Å². The Hall–Kier alpha value is -3.72. The molecule has 1 atom stereocenters. The summed E-state index contributed by atoms with van der Waals surface area (Å²) in [5, 5.41) is 20.0. The number of amides is 1. The number of carbonyl (C=O) groups excluding carboxylic acids is 1. The molecule has 166 valence electrons. The molecule has 1 fully saturated rings. The Morgan fingerprint density at radius 3 is 2.84 bits per heavy atom. The van der Waals surface area contributed by atoms with Gasteiger partial charge >= 0.3 is 5.97 Å². The lowest BCUT2D eigenvalue weighted by atomic mass is 10.0. The van der Waals surface area contributed by atoms with E-state index in [4.69, 9.17) is 9.84 Å². The Labute approximate surface area is 184 Å². The van der Waals surface area contributed by atoms with Crippen molar-refractivity contribution >= 4 is 28.6 Å². The van der Waals surface area contributed by atoms with Gasteiger partial charge < -0.3 is 24.7 Å². The second kappa shape index (κ2) is 8.80. The normalized spacial score (nSPS) is 18.0. The summed E-state index contributed by atoms with van der Waals surface area (Å²) in [5.41, 5.74) is 1.76. The minimum absolute atomic E-state index is 0.152. The number of benzene rings is 1. The highest BCUT2D eigenvalue weighted by Crippen LogP contribution is 2.31. The molecule has 1 aromatic carbocycles. The number of carboxylic acid groups (broad SMARTS) is 1. The van der Waals surface area contributed by atoms with Crippen LogP contribution < -0.4 is 9.64 Å². The molecule has 32 heavy (non-hydrogen) atoms.